The molecular formula is C17H23N2O3P. The molecule has 0 aliphatic carbocycles. The van der Waals surface area contributed by atoms with E-state index in [0.717, 1.165) is 5.69 Å². The quantitative estimate of drug-likeness (QED) is 0.822. The molecule has 2 rings (SSSR count). The zero-order valence-corrected chi connectivity index (χ0v) is 14.8. The Hall–Kier alpha value is -1.68. The fraction of sp³-hybridized carbons (Fsp3) is 0.353. The SMILES string of the molecule is CC(C)O[P@](=O)(c1ccc(N(C)C)cc1)[C@@H](O)c1cccnc1. The minimum atomic E-state index is -3.49. The molecule has 1 N–H and O–H groups in total. The number of aliphatic hydroxyl groups excluding tert-OH is 1. The monoisotopic (exact) mass is 334 g/mol. The summed E-state index contributed by atoms with van der Waals surface area (Å²) in [6.07, 6.45) is 2.84. The third kappa shape index (κ3) is 3.99. The van der Waals surface area contributed by atoms with Gasteiger partial charge in [-0.1, -0.05) is 6.07 Å². The van der Waals surface area contributed by atoms with Crippen molar-refractivity contribution in [3.63, 3.8) is 0 Å². The number of hydrogen-bond donors (Lipinski definition) is 1. The highest BCUT2D eigenvalue weighted by atomic mass is 31.2. The van der Waals surface area contributed by atoms with Crippen LogP contribution in [0.25, 0.3) is 0 Å². The first kappa shape index (κ1) is 17.7. The lowest BCUT2D eigenvalue weighted by Crippen LogP contribution is -2.18. The van der Waals surface area contributed by atoms with Gasteiger partial charge in [-0.25, -0.2) is 0 Å². The van der Waals surface area contributed by atoms with Crippen LogP contribution in [0.15, 0.2) is 48.8 Å². The van der Waals surface area contributed by atoms with Gasteiger partial charge in [-0.05, 0) is 44.2 Å². The zero-order valence-electron chi connectivity index (χ0n) is 13.9. The summed E-state index contributed by atoms with van der Waals surface area (Å²) in [7, 11) is 0.375. The van der Waals surface area contributed by atoms with E-state index >= 15 is 0 Å². The van der Waals surface area contributed by atoms with Crippen molar-refractivity contribution in [1.29, 1.82) is 0 Å². The minimum absolute atomic E-state index is 0.277. The molecule has 0 aliphatic heterocycles. The highest BCUT2D eigenvalue weighted by Gasteiger charge is 2.37. The van der Waals surface area contributed by atoms with Crippen LogP contribution in [0.2, 0.25) is 0 Å². The van der Waals surface area contributed by atoms with Crippen LogP contribution in [-0.2, 0) is 9.09 Å². The van der Waals surface area contributed by atoms with Crippen LogP contribution in [-0.4, -0.2) is 30.3 Å². The van der Waals surface area contributed by atoms with E-state index in [1.54, 1.807) is 44.3 Å². The summed E-state index contributed by atoms with van der Waals surface area (Å²) in [6, 6.07) is 10.6. The number of hydrogen-bond acceptors (Lipinski definition) is 5. The van der Waals surface area contributed by atoms with Gasteiger partial charge in [0.2, 0.25) is 0 Å². The van der Waals surface area contributed by atoms with Crippen molar-refractivity contribution >= 4 is 18.4 Å². The number of pyridine rings is 1. The van der Waals surface area contributed by atoms with Gasteiger partial charge >= 0.3 is 0 Å². The summed E-state index contributed by atoms with van der Waals surface area (Å²) in [6.45, 7) is 3.60. The number of nitrogens with zero attached hydrogens (tertiary/aromatic N) is 2. The van der Waals surface area contributed by atoms with E-state index in [1.165, 1.54) is 6.20 Å². The molecule has 0 aliphatic rings. The molecular weight excluding hydrogens is 311 g/mol. The van der Waals surface area contributed by atoms with Gasteiger partial charge in [0, 0.05) is 43.0 Å². The van der Waals surface area contributed by atoms with E-state index in [-0.39, 0.29) is 6.10 Å². The normalized spacial score (nSPS) is 15.2. The predicted molar refractivity (Wildman–Crippen MR) is 93.4 cm³/mol. The topological polar surface area (TPSA) is 62.7 Å². The maximum Gasteiger partial charge on any atom is 0.264 e. The molecule has 1 aromatic carbocycles. The van der Waals surface area contributed by atoms with E-state index in [9.17, 15) is 9.67 Å². The maximum absolute atomic E-state index is 13.5. The molecule has 6 heteroatoms. The van der Waals surface area contributed by atoms with E-state index < -0.39 is 13.2 Å². The van der Waals surface area contributed by atoms with Crippen molar-refractivity contribution in [2.75, 3.05) is 19.0 Å². The second-order valence-electron chi connectivity index (χ2n) is 5.82. The molecule has 2 aromatic rings. The van der Waals surface area contributed by atoms with Gasteiger partial charge in [0.05, 0.1) is 6.10 Å². The molecule has 0 saturated carbocycles. The number of rotatable bonds is 6. The van der Waals surface area contributed by atoms with E-state index in [2.05, 4.69) is 4.98 Å². The number of aromatic nitrogens is 1. The largest absolute Gasteiger partial charge is 0.378 e. The summed E-state index contributed by atoms with van der Waals surface area (Å²) in [5.41, 5.74) is 1.47. The van der Waals surface area contributed by atoms with E-state index in [4.69, 9.17) is 4.52 Å². The Kier molecular flexibility index (Phi) is 5.58. The van der Waals surface area contributed by atoms with Crippen molar-refractivity contribution in [3.8, 4) is 0 Å². The summed E-state index contributed by atoms with van der Waals surface area (Å²) in [5.74, 6) is -1.25. The molecule has 23 heavy (non-hydrogen) atoms. The fourth-order valence-corrected chi connectivity index (χ4v) is 4.51. The molecule has 5 nitrogen and oxygen atoms in total. The first-order valence-electron chi connectivity index (χ1n) is 7.48. The van der Waals surface area contributed by atoms with Crippen LogP contribution < -0.4 is 10.2 Å². The van der Waals surface area contributed by atoms with Crippen LogP contribution in [0.5, 0.6) is 0 Å². The summed E-state index contributed by atoms with van der Waals surface area (Å²) < 4.78 is 19.2. The van der Waals surface area contributed by atoms with Gasteiger partial charge in [0.1, 0.15) is 0 Å². The summed E-state index contributed by atoms with van der Waals surface area (Å²) >= 11 is 0. The highest BCUT2D eigenvalue weighted by molar-refractivity contribution is 7.67. The van der Waals surface area contributed by atoms with Crippen molar-refractivity contribution in [1.82, 2.24) is 4.98 Å². The second kappa shape index (κ2) is 7.26. The Morgan fingerprint density at radius 2 is 1.83 bits per heavy atom. The Labute approximate surface area is 137 Å². The number of benzene rings is 1. The lowest BCUT2D eigenvalue weighted by Gasteiger charge is -2.26. The first-order chi connectivity index (χ1) is 10.8. The van der Waals surface area contributed by atoms with Gasteiger partial charge < -0.3 is 14.5 Å². The average molecular weight is 334 g/mol. The van der Waals surface area contributed by atoms with Crippen molar-refractivity contribution in [2.45, 2.75) is 25.8 Å². The molecule has 0 fully saturated rings. The van der Waals surface area contributed by atoms with E-state index in [1.807, 2.05) is 31.1 Å². The molecule has 1 aromatic heterocycles. The molecule has 0 saturated heterocycles. The Morgan fingerprint density at radius 3 is 2.30 bits per heavy atom. The lowest BCUT2D eigenvalue weighted by molar-refractivity contribution is 0.188. The lowest BCUT2D eigenvalue weighted by atomic mass is 10.3. The Balaban J connectivity index is 2.44. The van der Waals surface area contributed by atoms with Gasteiger partial charge in [-0.3, -0.25) is 9.55 Å². The van der Waals surface area contributed by atoms with Crippen molar-refractivity contribution in [3.05, 3.63) is 54.4 Å². The average Bonchev–Trinajstić information content (AvgIpc) is 2.54. The predicted octanol–water partition coefficient (Wildman–Crippen LogP) is 3.17. The third-order valence-electron chi connectivity index (χ3n) is 3.40. The highest BCUT2D eigenvalue weighted by Crippen LogP contribution is 2.58. The number of anilines is 1. The van der Waals surface area contributed by atoms with Gasteiger partial charge in [-0.2, -0.15) is 0 Å². The standard InChI is InChI=1S/C17H23N2O3P/c1-13(2)22-23(21,17(20)14-6-5-11-18-12-14)16-9-7-15(8-10-16)19(3)4/h5-13,17,20H,1-4H3/t17-,23-/m1/s1. The number of aliphatic hydroxyl groups is 1. The molecule has 0 amide bonds. The molecule has 0 spiro atoms. The third-order valence-corrected chi connectivity index (χ3v) is 6.09. The van der Waals surface area contributed by atoms with Crippen LogP contribution in [0, 0.1) is 0 Å². The maximum atomic E-state index is 13.5. The molecule has 0 radical (unpaired) electrons. The summed E-state index contributed by atoms with van der Waals surface area (Å²) in [4.78, 5) is 5.94. The molecule has 0 unspecified atom stereocenters. The molecule has 1 heterocycles. The van der Waals surface area contributed by atoms with E-state index in [0.29, 0.717) is 10.9 Å². The van der Waals surface area contributed by atoms with Crippen molar-refractivity contribution < 1.29 is 14.2 Å². The van der Waals surface area contributed by atoms with Gasteiger partial charge in [-0.15, -0.1) is 0 Å². The van der Waals surface area contributed by atoms with Crippen LogP contribution >= 0.6 is 7.37 Å². The zero-order chi connectivity index (χ0) is 17.0. The smallest absolute Gasteiger partial charge is 0.264 e. The van der Waals surface area contributed by atoms with Crippen LogP contribution in [0.1, 0.15) is 25.3 Å². The summed E-state index contributed by atoms with van der Waals surface area (Å²) in [5, 5.41) is 11.2. The van der Waals surface area contributed by atoms with Gasteiger partial charge in [0.15, 0.2) is 5.85 Å². The van der Waals surface area contributed by atoms with Crippen LogP contribution in [0.4, 0.5) is 5.69 Å². The minimum Gasteiger partial charge on any atom is -0.378 e. The molecule has 124 valence electrons. The first-order valence-corrected chi connectivity index (χ1v) is 9.18. The van der Waals surface area contributed by atoms with Crippen LogP contribution in [0.3, 0.4) is 0 Å². The molecule has 0 bridgehead atoms. The van der Waals surface area contributed by atoms with Gasteiger partial charge in [0.25, 0.3) is 7.37 Å². The van der Waals surface area contributed by atoms with Crippen molar-refractivity contribution in [2.24, 2.45) is 0 Å². The Bertz CT molecular complexity index is 672. The Morgan fingerprint density at radius 1 is 1.17 bits per heavy atom. The fourth-order valence-electron chi connectivity index (χ4n) is 2.26. The second-order valence-corrected chi connectivity index (χ2v) is 8.23. The molecule has 2 atom stereocenters.